The second kappa shape index (κ2) is 8.41. The lowest BCUT2D eigenvalue weighted by Gasteiger charge is -2.30. The standard InChI is InChI=1S/C23H27NO3S/c1-5-7-12-27-23(6-2,22(25)26)21-16(4)28-15(3)20(21)19-14-24-13-17-10-8-9-11-18(17)19/h8-11,13-14H,5-7,12H2,1-4H3,(H,25,26). The van der Waals surface area contributed by atoms with E-state index in [0.717, 1.165) is 50.1 Å². The average Bonchev–Trinajstić information content (AvgIpc) is 2.99. The molecule has 0 bridgehead atoms. The summed E-state index contributed by atoms with van der Waals surface area (Å²) in [7, 11) is 0. The number of aromatic nitrogens is 1. The smallest absolute Gasteiger partial charge is 0.340 e. The van der Waals surface area contributed by atoms with Gasteiger partial charge in [0, 0.05) is 50.8 Å². The average molecular weight is 398 g/mol. The van der Waals surface area contributed by atoms with Crippen LogP contribution in [0.2, 0.25) is 0 Å². The Labute approximate surface area is 170 Å². The third kappa shape index (κ3) is 3.45. The minimum Gasteiger partial charge on any atom is -0.479 e. The predicted molar refractivity (Wildman–Crippen MR) is 115 cm³/mol. The zero-order chi connectivity index (χ0) is 20.3. The van der Waals surface area contributed by atoms with Gasteiger partial charge in [-0.2, -0.15) is 0 Å². The van der Waals surface area contributed by atoms with Gasteiger partial charge in [-0.15, -0.1) is 11.3 Å². The molecule has 1 aromatic carbocycles. The zero-order valence-electron chi connectivity index (χ0n) is 16.9. The number of benzene rings is 1. The van der Waals surface area contributed by atoms with Crippen molar-refractivity contribution in [1.82, 2.24) is 4.98 Å². The molecule has 1 atom stereocenters. The van der Waals surface area contributed by atoms with Gasteiger partial charge < -0.3 is 9.84 Å². The van der Waals surface area contributed by atoms with E-state index in [0.29, 0.717) is 13.0 Å². The van der Waals surface area contributed by atoms with Gasteiger partial charge >= 0.3 is 5.97 Å². The highest BCUT2D eigenvalue weighted by Crippen LogP contribution is 2.46. The number of ether oxygens (including phenoxy) is 1. The molecule has 0 spiro atoms. The Bertz CT molecular complexity index is 989. The van der Waals surface area contributed by atoms with Crippen molar-refractivity contribution in [2.75, 3.05) is 6.61 Å². The van der Waals surface area contributed by atoms with Gasteiger partial charge in [-0.05, 0) is 32.1 Å². The van der Waals surface area contributed by atoms with Crippen LogP contribution < -0.4 is 0 Å². The number of pyridine rings is 1. The summed E-state index contributed by atoms with van der Waals surface area (Å²) in [5.74, 6) is -0.929. The van der Waals surface area contributed by atoms with Crippen LogP contribution in [0.25, 0.3) is 21.9 Å². The first kappa shape index (κ1) is 20.5. The Balaban J connectivity index is 2.29. The number of carboxylic acids is 1. The number of fused-ring (bicyclic) bond motifs is 1. The van der Waals surface area contributed by atoms with E-state index >= 15 is 0 Å². The molecule has 5 heteroatoms. The molecular formula is C23H27NO3S. The number of thiophene rings is 1. The number of hydrogen-bond acceptors (Lipinski definition) is 4. The fraction of sp³-hybridized carbons (Fsp3) is 0.391. The summed E-state index contributed by atoms with van der Waals surface area (Å²) in [6.07, 6.45) is 5.85. The van der Waals surface area contributed by atoms with Gasteiger partial charge in [-0.25, -0.2) is 4.79 Å². The van der Waals surface area contributed by atoms with Crippen molar-refractivity contribution in [1.29, 1.82) is 0 Å². The van der Waals surface area contributed by atoms with E-state index in [9.17, 15) is 9.90 Å². The Hall–Kier alpha value is -2.24. The van der Waals surface area contributed by atoms with Gasteiger partial charge in [-0.3, -0.25) is 4.98 Å². The van der Waals surface area contributed by atoms with E-state index in [1.165, 1.54) is 0 Å². The normalized spacial score (nSPS) is 13.6. The van der Waals surface area contributed by atoms with Gasteiger partial charge in [0.25, 0.3) is 0 Å². The molecule has 2 heterocycles. The fourth-order valence-corrected chi connectivity index (χ4v) is 5.01. The molecule has 0 saturated heterocycles. The molecule has 0 saturated carbocycles. The fourth-order valence-electron chi connectivity index (χ4n) is 3.87. The summed E-state index contributed by atoms with van der Waals surface area (Å²) >= 11 is 1.63. The van der Waals surface area contributed by atoms with Gasteiger partial charge in [0.05, 0.1) is 0 Å². The van der Waals surface area contributed by atoms with Crippen molar-refractivity contribution in [2.24, 2.45) is 0 Å². The number of nitrogens with zero attached hydrogens (tertiary/aromatic N) is 1. The summed E-state index contributed by atoms with van der Waals surface area (Å²) in [4.78, 5) is 19.0. The first-order chi connectivity index (χ1) is 13.5. The van der Waals surface area contributed by atoms with Crippen molar-refractivity contribution >= 4 is 28.1 Å². The highest BCUT2D eigenvalue weighted by molar-refractivity contribution is 7.12. The van der Waals surface area contributed by atoms with Crippen LogP contribution in [0.1, 0.15) is 48.4 Å². The van der Waals surface area contributed by atoms with Crippen LogP contribution in [0, 0.1) is 13.8 Å². The summed E-state index contributed by atoms with van der Waals surface area (Å²) in [6.45, 7) is 8.43. The maximum atomic E-state index is 12.5. The monoisotopic (exact) mass is 397 g/mol. The van der Waals surface area contributed by atoms with Crippen LogP contribution in [0.3, 0.4) is 0 Å². The Kier molecular flexibility index (Phi) is 6.16. The van der Waals surface area contributed by atoms with Crippen molar-refractivity contribution in [3.05, 3.63) is 52.0 Å². The second-order valence-electron chi connectivity index (χ2n) is 7.06. The maximum Gasteiger partial charge on any atom is 0.340 e. The molecule has 148 valence electrons. The lowest BCUT2D eigenvalue weighted by molar-refractivity contribution is -0.168. The highest BCUT2D eigenvalue weighted by Gasteiger charge is 2.44. The third-order valence-corrected chi connectivity index (χ3v) is 6.31. The number of aryl methyl sites for hydroxylation is 2. The van der Waals surface area contributed by atoms with Crippen molar-refractivity contribution < 1.29 is 14.6 Å². The molecule has 1 unspecified atom stereocenters. The molecular weight excluding hydrogens is 370 g/mol. The molecule has 0 aliphatic heterocycles. The lowest BCUT2D eigenvalue weighted by atomic mass is 9.84. The molecule has 28 heavy (non-hydrogen) atoms. The number of carbonyl (C=O) groups is 1. The molecule has 1 N–H and O–H groups in total. The van der Waals surface area contributed by atoms with E-state index in [4.69, 9.17) is 4.74 Å². The quantitative estimate of drug-likeness (QED) is 0.468. The molecule has 0 aliphatic carbocycles. The Morgan fingerprint density at radius 1 is 1.18 bits per heavy atom. The van der Waals surface area contributed by atoms with Gasteiger partial charge in [-0.1, -0.05) is 44.5 Å². The first-order valence-electron chi connectivity index (χ1n) is 9.77. The van der Waals surface area contributed by atoms with Crippen molar-refractivity contribution in [2.45, 2.75) is 52.6 Å². The van der Waals surface area contributed by atoms with E-state index in [1.54, 1.807) is 11.3 Å². The Morgan fingerprint density at radius 3 is 2.61 bits per heavy atom. The number of rotatable bonds is 8. The molecule has 4 nitrogen and oxygen atoms in total. The molecule has 0 amide bonds. The van der Waals surface area contributed by atoms with E-state index < -0.39 is 11.6 Å². The topological polar surface area (TPSA) is 59.4 Å². The van der Waals surface area contributed by atoms with Gasteiger partial charge in [0.2, 0.25) is 0 Å². The third-order valence-electron chi connectivity index (χ3n) is 5.29. The van der Waals surface area contributed by atoms with Gasteiger partial charge in [0.15, 0.2) is 5.60 Å². The number of hydrogen-bond donors (Lipinski definition) is 1. The lowest BCUT2D eigenvalue weighted by Crippen LogP contribution is -2.39. The summed E-state index contributed by atoms with van der Waals surface area (Å²) in [5, 5.41) is 12.4. The molecule has 0 fully saturated rings. The van der Waals surface area contributed by atoms with Crippen molar-refractivity contribution in [3.63, 3.8) is 0 Å². The summed E-state index contributed by atoms with van der Waals surface area (Å²) in [6, 6.07) is 8.08. The minimum atomic E-state index is -1.35. The van der Waals surface area contributed by atoms with Crippen LogP contribution >= 0.6 is 11.3 Å². The van der Waals surface area contributed by atoms with Crippen LogP contribution in [0.15, 0.2) is 36.7 Å². The summed E-state index contributed by atoms with van der Waals surface area (Å²) in [5.41, 5.74) is 1.34. The molecule has 3 aromatic rings. The van der Waals surface area contributed by atoms with Crippen molar-refractivity contribution in [3.8, 4) is 11.1 Å². The summed E-state index contributed by atoms with van der Waals surface area (Å²) < 4.78 is 6.12. The van der Waals surface area contributed by atoms with Crippen LogP contribution in [0.5, 0.6) is 0 Å². The zero-order valence-corrected chi connectivity index (χ0v) is 17.7. The number of aliphatic carboxylic acids is 1. The van der Waals surface area contributed by atoms with Crippen LogP contribution in [0.4, 0.5) is 0 Å². The largest absolute Gasteiger partial charge is 0.479 e. The van der Waals surface area contributed by atoms with Gasteiger partial charge in [0.1, 0.15) is 0 Å². The van der Waals surface area contributed by atoms with Crippen LogP contribution in [-0.4, -0.2) is 22.7 Å². The molecule has 2 aromatic heterocycles. The first-order valence-corrected chi connectivity index (χ1v) is 10.6. The SMILES string of the molecule is CCCCOC(CC)(C(=O)O)c1c(C)sc(C)c1-c1cncc2ccccc12. The maximum absolute atomic E-state index is 12.5. The van der Waals surface area contributed by atoms with E-state index in [2.05, 4.69) is 18.0 Å². The molecule has 0 radical (unpaired) electrons. The van der Waals surface area contributed by atoms with E-state index in [1.807, 2.05) is 51.4 Å². The Morgan fingerprint density at radius 2 is 1.93 bits per heavy atom. The number of unbranched alkanes of at least 4 members (excludes halogenated alkanes) is 1. The second-order valence-corrected chi connectivity index (χ2v) is 8.49. The van der Waals surface area contributed by atoms with E-state index in [-0.39, 0.29) is 0 Å². The molecule has 0 aliphatic rings. The minimum absolute atomic E-state index is 0.369. The predicted octanol–water partition coefficient (Wildman–Crippen LogP) is 6.09. The van der Waals surface area contributed by atoms with Crippen LogP contribution in [-0.2, 0) is 15.1 Å². The highest BCUT2D eigenvalue weighted by atomic mass is 32.1. The number of carboxylic acid groups (broad SMARTS) is 1. The molecule has 3 rings (SSSR count).